The number of ether oxygens (including phenoxy) is 1. The molecule has 37 heavy (non-hydrogen) atoms. The zero-order valence-electron chi connectivity index (χ0n) is 20.6. The summed E-state index contributed by atoms with van der Waals surface area (Å²) in [6, 6.07) is 3.13. The number of carbonyl (C=O) groups is 3. The fourth-order valence-electron chi connectivity index (χ4n) is 5.97. The topological polar surface area (TPSA) is 113 Å². The Balaban J connectivity index is 1.51. The van der Waals surface area contributed by atoms with Crippen LogP contribution in [0.5, 0.6) is 5.75 Å². The van der Waals surface area contributed by atoms with Gasteiger partial charge in [-0.1, -0.05) is 24.4 Å². The van der Waals surface area contributed by atoms with Crippen LogP contribution in [0.15, 0.2) is 30.9 Å². The zero-order chi connectivity index (χ0) is 25.9. The molecule has 2 aliphatic heterocycles. The van der Waals surface area contributed by atoms with Crippen LogP contribution in [0.3, 0.4) is 0 Å². The molecule has 1 saturated carbocycles. The lowest BCUT2D eigenvalue weighted by atomic mass is 9.77. The minimum Gasteiger partial charge on any atom is -0.488 e. The number of nitrogens with zero attached hydrogens (tertiary/aromatic N) is 4. The molecule has 10 heteroatoms. The molecule has 0 radical (unpaired) electrons. The highest BCUT2D eigenvalue weighted by atomic mass is 35.5. The van der Waals surface area contributed by atoms with Gasteiger partial charge in [0.25, 0.3) is 0 Å². The zero-order valence-corrected chi connectivity index (χ0v) is 21.4. The number of rotatable bonds is 7. The van der Waals surface area contributed by atoms with Gasteiger partial charge in [-0.25, -0.2) is 9.97 Å². The summed E-state index contributed by atoms with van der Waals surface area (Å²) in [4.78, 5) is 50.3. The van der Waals surface area contributed by atoms with Crippen LogP contribution < -0.4 is 4.74 Å². The third kappa shape index (κ3) is 5.28. The first kappa shape index (κ1) is 25.4. The molecule has 5 rings (SSSR count). The van der Waals surface area contributed by atoms with Crippen molar-refractivity contribution in [3.05, 3.63) is 52.6 Å². The Hall–Kier alpha value is -3.20. The van der Waals surface area contributed by atoms with Crippen LogP contribution in [-0.4, -0.2) is 62.3 Å². The molecule has 196 valence electrons. The van der Waals surface area contributed by atoms with E-state index in [1.165, 1.54) is 6.33 Å². The molecule has 0 bridgehead atoms. The van der Waals surface area contributed by atoms with Gasteiger partial charge in [-0.2, -0.15) is 0 Å². The van der Waals surface area contributed by atoms with Gasteiger partial charge in [-0.15, -0.1) is 0 Å². The van der Waals surface area contributed by atoms with Gasteiger partial charge in [-0.05, 0) is 43.4 Å². The summed E-state index contributed by atoms with van der Waals surface area (Å²) >= 11 is 6.65. The highest BCUT2D eigenvalue weighted by Crippen LogP contribution is 2.43. The second-order valence-electron chi connectivity index (χ2n) is 10.0. The summed E-state index contributed by atoms with van der Waals surface area (Å²) in [5.74, 6) is -1.68. The second kappa shape index (κ2) is 11.0. The van der Waals surface area contributed by atoms with Gasteiger partial charge in [0, 0.05) is 54.6 Å². The van der Waals surface area contributed by atoms with Crippen molar-refractivity contribution in [3.63, 3.8) is 0 Å². The van der Waals surface area contributed by atoms with Gasteiger partial charge >= 0.3 is 5.97 Å². The van der Waals surface area contributed by atoms with Crippen molar-refractivity contribution in [2.45, 2.75) is 57.6 Å². The van der Waals surface area contributed by atoms with Gasteiger partial charge in [0.1, 0.15) is 18.7 Å². The van der Waals surface area contributed by atoms with Crippen LogP contribution in [0.25, 0.3) is 0 Å². The van der Waals surface area contributed by atoms with E-state index < -0.39 is 23.8 Å². The molecule has 0 spiro atoms. The number of hydrogen-bond donors (Lipinski definition) is 1. The number of benzene rings is 1. The molecule has 1 aromatic heterocycles. The molecule has 1 saturated heterocycles. The van der Waals surface area contributed by atoms with Crippen molar-refractivity contribution in [1.29, 1.82) is 0 Å². The van der Waals surface area contributed by atoms with E-state index in [1.807, 2.05) is 0 Å². The molecule has 1 aliphatic carbocycles. The maximum atomic E-state index is 14.0. The number of carboxylic acid groups (broad SMARTS) is 1. The molecule has 9 nitrogen and oxygen atoms in total. The van der Waals surface area contributed by atoms with E-state index in [4.69, 9.17) is 16.3 Å². The smallest absolute Gasteiger partial charge is 0.307 e. The third-order valence-corrected chi connectivity index (χ3v) is 8.18. The molecule has 1 N–H and O–H groups in total. The van der Waals surface area contributed by atoms with E-state index in [-0.39, 0.29) is 18.4 Å². The molecule has 2 fully saturated rings. The van der Waals surface area contributed by atoms with Gasteiger partial charge < -0.3 is 19.6 Å². The molecule has 2 amide bonds. The van der Waals surface area contributed by atoms with Crippen molar-refractivity contribution >= 4 is 29.4 Å². The molecule has 1 aromatic carbocycles. The molecule has 3 aliphatic rings. The maximum Gasteiger partial charge on any atom is 0.307 e. The van der Waals surface area contributed by atoms with Crippen molar-refractivity contribution in [1.82, 2.24) is 19.8 Å². The quantitative estimate of drug-likeness (QED) is 0.586. The highest BCUT2D eigenvalue weighted by Gasteiger charge is 2.43. The monoisotopic (exact) mass is 526 g/mol. The standard InChI is InChI=1S/C27H31ClN4O5/c28-21-7-8-23(37-15-17-12-29-16-30-13-17)25-20(21)9-11-32(22(25)14-31-10-3-6-24(31)33)26(34)18-4-1-2-5-19(18)27(35)36/h7-8,12-13,16,18-19,22H,1-6,9-11,14-15H2,(H,35,36)/t18?,19?,22-/m1/s1. The van der Waals surface area contributed by atoms with Crippen LogP contribution >= 0.6 is 11.6 Å². The van der Waals surface area contributed by atoms with Crippen molar-refractivity contribution < 1.29 is 24.2 Å². The van der Waals surface area contributed by atoms with Crippen LogP contribution in [-0.2, 0) is 27.4 Å². The Morgan fingerprint density at radius 1 is 1.05 bits per heavy atom. The molecular formula is C27H31ClN4O5. The Kier molecular flexibility index (Phi) is 7.60. The second-order valence-corrected chi connectivity index (χ2v) is 10.5. The molecule has 2 unspecified atom stereocenters. The van der Waals surface area contributed by atoms with Gasteiger partial charge in [0.15, 0.2) is 0 Å². The Morgan fingerprint density at radius 3 is 2.51 bits per heavy atom. The summed E-state index contributed by atoms with van der Waals surface area (Å²) in [7, 11) is 0. The summed E-state index contributed by atoms with van der Waals surface area (Å²) in [5, 5.41) is 10.4. The average Bonchev–Trinajstić information content (AvgIpc) is 3.32. The largest absolute Gasteiger partial charge is 0.488 e. The first-order chi connectivity index (χ1) is 17.9. The molecule has 3 heterocycles. The van der Waals surface area contributed by atoms with Crippen molar-refractivity contribution in [2.24, 2.45) is 11.8 Å². The first-order valence-electron chi connectivity index (χ1n) is 12.9. The number of halogens is 1. The predicted octanol–water partition coefficient (Wildman–Crippen LogP) is 3.65. The Labute approximate surface area is 220 Å². The van der Waals surface area contributed by atoms with E-state index in [0.717, 1.165) is 36.0 Å². The number of amides is 2. The Bertz CT molecular complexity index is 1180. The van der Waals surface area contributed by atoms with E-state index in [1.54, 1.807) is 34.3 Å². The fourth-order valence-corrected chi connectivity index (χ4v) is 6.23. The lowest BCUT2D eigenvalue weighted by Crippen LogP contribution is -2.50. The number of aliphatic carboxylic acids is 1. The molecule has 2 aromatic rings. The van der Waals surface area contributed by atoms with Crippen molar-refractivity contribution in [2.75, 3.05) is 19.6 Å². The van der Waals surface area contributed by atoms with Gasteiger partial charge in [0.05, 0.1) is 17.9 Å². The summed E-state index contributed by atoms with van der Waals surface area (Å²) in [6.45, 7) is 1.61. The van der Waals surface area contributed by atoms with Crippen LogP contribution in [0.4, 0.5) is 0 Å². The maximum absolute atomic E-state index is 14.0. The Morgan fingerprint density at radius 2 is 1.81 bits per heavy atom. The first-order valence-corrected chi connectivity index (χ1v) is 13.3. The van der Waals surface area contributed by atoms with E-state index in [2.05, 4.69) is 9.97 Å². The minimum atomic E-state index is -0.918. The number of carboxylic acids is 1. The molecular weight excluding hydrogens is 496 g/mol. The highest BCUT2D eigenvalue weighted by molar-refractivity contribution is 6.31. The number of aromatic nitrogens is 2. The average molecular weight is 527 g/mol. The van der Waals surface area contributed by atoms with Crippen LogP contribution in [0, 0.1) is 11.8 Å². The molecule has 3 atom stereocenters. The predicted molar refractivity (Wildman–Crippen MR) is 135 cm³/mol. The fraction of sp³-hybridized carbons (Fsp3) is 0.519. The normalized spacial score (nSPS) is 23.6. The summed E-state index contributed by atoms with van der Waals surface area (Å²) in [5.41, 5.74) is 2.50. The van der Waals surface area contributed by atoms with E-state index in [0.29, 0.717) is 56.1 Å². The summed E-state index contributed by atoms with van der Waals surface area (Å²) in [6.07, 6.45) is 9.32. The number of fused-ring (bicyclic) bond motifs is 1. The summed E-state index contributed by atoms with van der Waals surface area (Å²) < 4.78 is 6.23. The third-order valence-electron chi connectivity index (χ3n) is 7.83. The van der Waals surface area contributed by atoms with Gasteiger partial charge in [-0.3, -0.25) is 14.4 Å². The number of likely N-dealkylation sites (tertiary alicyclic amines) is 1. The minimum absolute atomic E-state index is 0.0616. The van der Waals surface area contributed by atoms with Crippen LogP contribution in [0.2, 0.25) is 5.02 Å². The van der Waals surface area contributed by atoms with Gasteiger partial charge in [0.2, 0.25) is 11.8 Å². The lowest BCUT2D eigenvalue weighted by molar-refractivity contribution is -0.154. The lowest BCUT2D eigenvalue weighted by Gasteiger charge is -2.43. The van der Waals surface area contributed by atoms with Crippen molar-refractivity contribution in [3.8, 4) is 5.75 Å². The van der Waals surface area contributed by atoms with E-state index in [9.17, 15) is 19.5 Å². The van der Waals surface area contributed by atoms with E-state index >= 15 is 0 Å². The number of hydrogen-bond acceptors (Lipinski definition) is 6. The SMILES string of the molecule is O=C(O)C1CCCCC1C(=O)N1CCc2c(Cl)ccc(OCc3cncnc3)c2[C@H]1CN1CCCC1=O. The number of carbonyl (C=O) groups excluding carboxylic acids is 2. The van der Waals surface area contributed by atoms with Crippen LogP contribution in [0.1, 0.15) is 61.3 Å².